The molecule has 24 heavy (non-hydrogen) atoms. The van der Waals surface area contributed by atoms with E-state index < -0.39 is 0 Å². The topological polar surface area (TPSA) is 47.1 Å². The molecule has 1 aliphatic heterocycles. The van der Waals surface area contributed by atoms with Crippen LogP contribution in [0.1, 0.15) is 53.3 Å². The summed E-state index contributed by atoms with van der Waals surface area (Å²) in [6, 6.07) is 8.34. The molecule has 0 amide bonds. The summed E-state index contributed by atoms with van der Waals surface area (Å²) in [5.74, 6) is 1.06. The maximum absolute atomic E-state index is 6.10. The minimum Gasteiger partial charge on any atom is -0.399 e. The van der Waals surface area contributed by atoms with Crippen molar-refractivity contribution in [3.8, 4) is 11.3 Å². The minimum absolute atomic E-state index is 0.312. The van der Waals surface area contributed by atoms with Crippen LogP contribution in [0.4, 0.5) is 0 Å². The predicted octanol–water partition coefficient (Wildman–Crippen LogP) is 3.72. The molecule has 4 nitrogen and oxygen atoms in total. The number of imidazole rings is 1. The van der Waals surface area contributed by atoms with Gasteiger partial charge in [0.25, 0.3) is 0 Å². The Hall–Kier alpha value is -1.59. The zero-order chi connectivity index (χ0) is 17.4. The van der Waals surface area contributed by atoms with Gasteiger partial charge in [-0.1, -0.05) is 37.6 Å². The number of hydrogen-bond acceptors (Lipinski definition) is 3. The van der Waals surface area contributed by atoms with Gasteiger partial charge in [0.15, 0.2) is 0 Å². The summed E-state index contributed by atoms with van der Waals surface area (Å²) in [6.45, 7) is 10.5. The van der Waals surface area contributed by atoms with Crippen molar-refractivity contribution in [2.45, 2.75) is 65.1 Å². The van der Waals surface area contributed by atoms with E-state index in [9.17, 15) is 0 Å². The second-order valence-corrected chi connectivity index (χ2v) is 7.56. The van der Waals surface area contributed by atoms with E-state index in [2.05, 4.69) is 68.9 Å². The quantitative estimate of drug-likeness (QED) is 0.852. The van der Waals surface area contributed by atoms with Crippen LogP contribution in [0.2, 0.25) is 0 Å². The number of hydrogen-bond donors (Lipinski definition) is 1. The van der Waals surface area contributed by atoms with Crippen molar-refractivity contribution >= 4 is 12.6 Å². The Morgan fingerprint density at radius 3 is 2.25 bits per heavy atom. The lowest BCUT2D eigenvalue weighted by atomic mass is 9.79. The normalized spacial score (nSPS) is 19.0. The first-order valence-electron chi connectivity index (χ1n) is 8.82. The van der Waals surface area contributed by atoms with Gasteiger partial charge in [0.1, 0.15) is 5.82 Å². The average Bonchev–Trinajstić information content (AvgIpc) is 3.08. The van der Waals surface area contributed by atoms with Crippen LogP contribution in [-0.2, 0) is 15.7 Å². The number of aromatic amines is 1. The maximum atomic E-state index is 6.10. The van der Waals surface area contributed by atoms with E-state index in [0.29, 0.717) is 0 Å². The van der Waals surface area contributed by atoms with Crippen molar-refractivity contribution in [3.63, 3.8) is 0 Å². The van der Waals surface area contributed by atoms with Crippen LogP contribution in [0, 0.1) is 0 Å². The molecule has 1 aromatic carbocycles. The second-order valence-electron chi connectivity index (χ2n) is 7.56. The highest BCUT2D eigenvalue weighted by Crippen LogP contribution is 2.36. The Morgan fingerprint density at radius 2 is 1.67 bits per heavy atom. The van der Waals surface area contributed by atoms with E-state index in [1.165, 1.54) is 6.42 Å². The monoisotopic (exact) mass is 326 g/mol. The molecule has 0 unspecified atom stereocenters. The lowest BCUT2D eigenvalue weighted by Gasteiger charge is -2.32. The molecular formula is C19H27BN2O2. The average molecular weight is 326 g/mol. The van der Waals surface area contributed by atoms with Crippen molar-refractivity contribution in [2.24, 2.45) is 0 Å². The van der Waals surface area contributed by atoms with E-state index in [-0.39, 0.29) is 18.3 Å². The maximum Gasteiger partial charge on any atom is 0.494 e. The first-order valence-corrected chi connectivity index (χ1v) is 8.82. The number of rotatable bonds is 5. The van der Waals surface area contributed by atoms with Gasteiger partial charge >= 0.3 is 7.12 Å². The number of benzene rings is 1. The van der Waals surface area contributed by atoms with Gasteiger partial charge in [0.05, 0.1) is 23.1 Å². The molecule has 2 aromatic rings. The standard InChI is InChI=1S/C19H27BN2O2/c1-6-7-8-17-21-13-16(22-17)14-9-11-15(12-10-14)20-23-18(2,3)19(4,5)24-20/h9-13H,6-8H2,1-5H3,(H,21,22). The Balaban J connectivity index is 1.73. The third-order valence-corrected chi connectivity index (χ3v) is 5.14. The Bertz CT molecular complexity index is 676. The van der Waals surface area contributed by atoms with Gasteiger partial charge in [-0.15, -0.1) is 0 Å². The van der Waals surface area contributed by atoms with Crippen molar-refractivity contribution in [2.75, 3.05) is 0 Å². The molecule has 1 saturated heterocycles. The first kappa shape index (κ1) is 17.2. The molecule has 0 atom stereocenters. The zero-order valence-electron chi connectivity index (χ0n) is 15.3. The Kier molecular flexibility index (Phi) is 4.58. The number of nitrogens with one attached hydrogen (secondary N) is 1. The van der Waals surface area contributed by atoms with E-state index in [4.69, 9.17) is 9.31 Å². The zero-order valence-corrected chi connectivity index (χ0v) is 15.3. The molecule has 0 aliphatic carbocycles. The number of aromatic nitrogens is 2. The van der Waals surface area contributed by atoms with Crippen LogP contribution in [0.25, 0.3) is 11.3 Å². The number of unbranched alkanes of at least 4 members (excludes halogenated alkanes) is 1. The molecule has 128 valence electrons. The SMILES string of the molecule is CCCCc1ncc(-c2ccc(B3OC(C)(C)C(C)(C)O3)cc2)[nH]1. The lowest BCUT2D eigenvalue weighted by molar-refractivity contribution is 0.00578. The highest BCUT2D eigenvalue weighted by Gasteiger charge is 2.51. The molecule has 5 heteroatoms. The molecule has 0 radical (unpaired) electrons. The third kappa shape index (κ3) is 3.28. The number of aryl methyl sites for hydroxylation is 1. The molecule has 1 N–H and O–H groups in total. The summed E-state index contributed by atoms with van der Waals surface area (Å²) in [4.78, 5) is 7.87. The van der Waals surface area contributed by atoms with Crippen LogP contribution >= 0.6 is 0 Å². The highest BCUT2D eigenvalue weighted by molar-refractivity contribution is 6.62. The number of H-pyrrole nitrogens is 1. The Labute approximate surface area is 145 Å². The van der Waals surface area contributed by atoms with Crippen LogP contribution in [0.5, 0.6) is 0 Å². The van der Waals surface area contributed by atoms with Gasteiger partial charge in [-0.3, -0.25) is 0 Å². The van der Waals surface area contributed by atoms with Crippen molar-refractivity contribution < 1.29 is 9.31 Å². The van der Waals surface area contributed by atoms with Gasteiger partial charge in [0.2, 0.25) is 0 Å². The van der Waals surface area contributed by atoms with Gasteiger partial charge < -0.3 is 14.3 Å². The smallest absolute Gasteiger partial charge is 0.399 e. The summed E-state index contributed by atoms with van der Waals surface area (Å²) in [6.07, 6.45) is 5.25. The van der Waals surface area contributed by atoms with Crippen LogP contribution < -0.4 is 5.46 Å². The van der Waals surface area contributed by atoms with E-state index >= 15 is 0 Å². The molecule has 0 spiro atoms. The molecule has 3 rings (SSSR count). The van der Waals surface area contributed by atoms with Gasteiger partial charge in [-0.25, -0.2) is 4.98 Å². The van der Waals surface area contributed by atoms with Crippen molar-refractivity contribution in [1.29, 1.82) is 0 Å². The molecule has 1 aliphatic rings. The Morgan fingerprint density at radius 1 is 1.04 bits per heavy atom. The van der Waals surface area contributed by atoms with Gasteiger partial charge in [0, 0.05) is 6.42 Å². The lowest BCUT2D eigenvalue weighted by Crippen LogP contribution is -2.41. The summed E-state index contributed by atoms with van der Waals surface area (Å²) in [5.41, 5.74) is 2.61. The summed E-state index contributed by atoms with van der Waals surface area (Å²) in [7, 11) is -0.314. The molecule has 0 saturated carbocycles. The fourth-order valence-corrected chi connectivity index (χ4v) is 2.78. The largest absolute Gasteiger partial charge is 0.494 e. The predicted molar refractivity (Wildman–Crippen MR) is 98.4 cm³/mol. The third-order valence-electron chi connectivity index (χ3n) is 5.14. The minimum atomic E-state index is -0.314. The van der Waals surface area contributed by atoms with Gasteiger partial charge in [-0.2, -0.15) is 0 Å². The van der Waals surface area contributed by atoms with E-state index in [1.54, 1.807) is 0 Å². The molecule has 2 heterocycles. The highest BCUT2D eigenvalue weighted by atomic mass is 16.7. The fourth-order valence-electron chi connectivity index (χ4n) is 2.78. The summed E-state index contributed by atoms with van der Waals surface area (Å²) in [5, 5.41) is 0. The summed E-state index contributed by atoms with van der Waals surface area (Å²) >= 11 is 0. The second kappa shape index (κ2) is 6.38. The van der Waals surface area contributed by atoms with Crippen LogP contribution in [-0.4, -0.2) is 28.3 Å². The van der Waals surface area contributed by atoms with Crippen LogP contribution in [0.3, 0.4) is 0 Å². The number of nitrogens with zero attached hydrogens (tertiary/aromatic N) is 1. The molecule has 1 fully saturated rings. The van der Waals surface area contributed by atoms with E-state index in [1.807, 2.05) is 6.20 Å². The fraction of sp³-hybridized carbons (Fsp3) is 0.526. The molecule has 1 aromatic heterocycles. The van der Waals surface area contributed by atoms with Crippen molar-refractivity contribution in [1.82, 2.24) is 9.97 Å². The van der Waals surface area contributed by atoms with Gasteiger partial charge in [-0.05, 0) is 45.1 Å². The summed E-state index contributed by atoms with van der Waals surface area (Å²) < 4.78 is 12.2. The van der Waals surface area contributed by atoms with Crippen LogP contribution in [0.15, 0.2) is 30.5 Å². The molecular weight excluding hydrogens is 299 g/mol. The first-order chi connectivity index (χ1) is 11.3. The van der Waals surface area contributed by atoms with E-state index in [0.717, 1.165) is 35.4 Å². The molecule has 0 bridgehead atoms. The van der Waals surface area contributed by atoms with Crippen molar-refractivity contribution in [3.05, 3.63) is 36.3 Å².